The molecule has 1 aromatic carbocycles. The molecule has 0 N–H and O–H groups in total. The van der Waals surface area contributed by atoms with Crippen molar-refractivity contribution < 1.29 is 4.79 Å². The maximum absolute atomic E-state index is 11.2. The number of thiazole rings is 1. The number of halogens is 1. The first kappa shape index (κ1) is 10.3. The van der Waals surface area contributed by atoms with E-state index in [0.29, 0.717) is 10.6 Å². The van der Waals surface area contributed by atoms with Crippen LogP contribution in [0.2, 0.25) is 0 Å². The molecule has 0 spiro atoms. The molecular formula is C11H8ClNOS. The van der Waals surface area contributed by atoms with E-state index in [4.69, 9.17) is 11.6 Å². The predicted octanol–water partition coefficient (Wildman–Crippen LogP) is 3.50. The third-order valence-corrected chi connectivity index (χ3v) is 3.23. The van der Waals surface area contributed by atoms with Crippen molar-refractivity contribution in [1.82, 2.24) is 4.98 Å². The van der Waals surface area contributed by atoms with Gasteiger partial charge in [0.05, 0.1) is 10.7 Å². The molecule has 0 unspecified atom stereocenters. The molecule has 2 nitrogen and oxygen atoms in total. The van der Waals surface area contributed by atoms with E-state index in [9.17, 15) is 4.79 Å². The molecule has 2 rings (SSSR count). The first-order chi connectivity index (χ1) is 7.18. The molecule has 1 aromatic heterocycles. The van der Waals surface area contributed by atoms with Crippen LogP contribution < -0.4 is 0 Å². The van der Waals surface area contributed by atoms with E-state index in [1.54, 1.807) is 0 Å². The van der Waals surface area contributed by atoms with Gasteiger partial charge in [-0.3, -0.25) is 4.79 Å². The number of rotatable bonds is 2. The molecule has 0 bridgehead atoms. The van der Waals surface area contributed by atoms with Crippen LogP contribution in [0.4, 0.5) is 0 Å². The fourth-order valence-electron chi connectivity index (χ4n) is 1.35. The molecule has 0 aliphatic rings. The van der Waals surface area contributed by atoms with Crippen LogP contribution in [0.25, 0.3) is 11.3 Å². The van der Waals surface area contributed by atoms with E-state index in [2.05, 4.69) is 4.98 Å². The summed E-state index contributed by atoms with van der Waals surface area (Å²) in [7, 11) is 0. The van der Waals surface area contributed by atoms with E-state index in [1.165, 1.54) is 11.3 Å². The monoisotopic (exact) mass is 237 g/mol. The standard InChI is InChI=1S/C11H8ClNOS/c1-7-13-9(10(15-7)11(12)14)8-5-3-2-4-6-8/h2-6H,1H3. The van der Waals surface area contributed by atoms with Gasteiger partial charge in [-0.25, -0.2) is 4.98 Å². The summed E-state index contributed by atoms with van der Waals surface area (Å²) in [6, 6.07) is 9.57. The lowest BCUT2D eigenvalue weighted by molar-refractivity contribution is 0.108. The molecule has 1 heterocycles. The Kier molecular flexibility index (Phi) is 2.84. The summed E-state index contributed by atoms with van der Waals surface area (Å²) in [5.74, 6) is 0. The van der Waals surface area contributed by atoms with Crippen LogP contribution in [-0.2, 0) is 0 Å². The first-order valence-corrected chi connectivity index (χ1v) is 5.60. The van der Waals surface area contributed by atoms with Crippen molar-refractivity contribution in [3.05, 3.63) is 40.2 Å². The molecule has 0 amide bonds. The second-order valence-corrected chi connectivity index (χ2v) is 4.60. The number of hydrogen-bond acceptors (Lipinski definition) is 3. The van der Waals surface area contributed by atoms with Gasteiger partial charge in [-0.2, -0.15) is 0 Å². The van der Waals surface area contributed by atoms with E-state index in [1.807, 2.05) is 37.3 Å². The van der Waals surface area contributed by atoms with Crippen LogP contribution in [0.3, 0.4) is 0 Å². The highest BCUT2D eigenvalue weighted by atomic mass is 35.5. The molecule has 0 radical (unpaired) electrons. The molecule has 0 atom stereocenters. The topological polar surface area (TPSA) is 30.0 Å². The van der Waals surface area contributed by atoms with Gasteiger partial charge in [-0.15, -0.1) is 11.3 Å². The third-order valence-electron chi connectivity index (χ3n) is 1.96. The van der Waals surface area contributed by atoms with Crippen molar-refractivity contribution in [1.29, 1.82) is 0 Å². The summed E-state index contributed by atoms with van der Waals surface area (Å²) in [5.41, 5.74) is 1.60. The predicted molar refractivity (Wildman–Crippen MR) is 62.5 cm³/mol. The zero-order valence-electron chi connectivity index (χ0n) is 8.03. The molecular weight excluding hydrogens is 230 g/mol. The summed E-state index contributed by atoms with van der Waals surface area (Å²) in [4.78, 5) is 16.0. The summed E-state index contributed by atoms with van der Waals surface area (Å²) >= 11 is 6.83. The Morgan fingerprint density at radius 1 is 1.33 bits per heavy atom. The molecule has 4 heteroatoms. The molecule has 2 aromatic rings. The maximum Gasteiger partial charge on any atom is 0.264 e. The Bertz CT molecular complexity index is 493. The van der Waals surface area contributed by atoms with Crippen molar-refractivity contribution in [3.63, 3.8) is 0 Å². The Morgan fingerprint density at radius 2 is 2.00 bits per heavy atom. The zero-order valence-corrected chi connectivity index (χ0v) is 9.60. The van der Waals surface area contributed by atoms with Crippen molar-refractivity contribution >= 4 is 28.2 Å². The highest BCUT2D eigenvalue weighted by Crippen LogP contribution is 2.28. The molecule has 0 aliphatic carbocycles. The van der Waals surface area contributed by atoms with Gasteiger partial charge in [0.2, 0.25) is 0 Å². The Morgan fingerprint density at radius 3 is 2.60 bits per heavy atom. The minimum atomic E-state index is -0.445. The van der Waals surface area contributed by atoms with Gasteiger partial charge < -0.3 is 0 Å². The smallest absolute Gasteiger partial charge is 0.264 e. The quantitative estimate of drug-likeness (QED) is 0.749. The first-order valence-electron chi connectivity index (χ1n) is 4.41. The van der Waals surface area contributed by atoms with Gasteiger partial charge in [0.15, 0.2) is 0 Å². The van der Waals surface area contributed by atoms with Crippen LogP contribution in [0.5, 0.6) is 0 Å². The van der Waals surface area contributed by atoms with E-state index in [-0.39, 0.29) is 0 Å². The number of aryl methyl sites for hydroxylation is 1. The van der Waals surface area contributed by atoms with Gasteiger partial charge in [0.1, 0.15) is 4.88 Å². The summed E-state index contributed by atoms with van der Waals surface area (Å²) in [6.07, 6.45) is 0. The van der Waals surface area contributed by atoms with Gasteiger partial charge in [0, 0.05) is 5.56 Å². The third kappa shape index (κ3) is 2.08. The fraction of sp³-hybridized carbons (Fsp3) is 0.0909. The normalized spacial score (nSPS) is 10.3. The molecule has 0 saturated carbocycles. The van der Waals surface area contributed by atoms with Crippen molar-refractivity contribution in [2.24, 2.45) is 0 Å². The highest BCUT2D eigenvalue weighted by Gasteiger charge is 2.15. The number of benzene rings is 1. The van der Waals surface area contributed by atoms with E-state index >= 15 is 0 Å². The number of aromatic nitrogens is 1. The van der Waals surface area contributed by atoms with Gasteiger partial charge in [-0.1, -0.05) is 30.3 Å². The van der Waals surface area contributed by atoms with Crippen LogP contribution >= 0.6 is 22.9 Å². The van der Waals surface area contributed by atoms with Crippen molar-refractivity contribution in [2.45, 2.75) is 6.92 Å². The SMILES string of the molecule is Cc1nc(-c2ccccc2)c(C(=O)Cl)s1. The summed E-state index contributed by atoms with van der Waals surface area (Å²) < 4.78 is 0. The van der Waals surface area contributed by atoms with Crippen molar-refractivity contribution in [2.75, 3.05) is 0 Å². The summed E-state index contributed by atoms with van der Waals surface area (Å²) in [5, 5.41) is 0.400. The number of nitrogens with zero attached hydrogens (tertiary/aromatic N) is 1. The van der Waals surface area contributed by atoms with Gasteiger partial charge >= 0.3 is 0 Å². The van der Waals surface area contributed by atoms with Crippen LogP contribution in [-0.4, -0.2) is 10.2 Å². The minimum absolute atomic E-state index is 0.445. The average Bonchev–Trinajstić information content (AvgIpc) is 2.62. The maximum atomic E-state index is 11.2. The van der Waals surface area contributed by atoms with Gasteiger partial charge in [-0.05, 0) is 18.5 Å². The lowest BCUT2D eigenvalue weighted by atomic mass is 10.1. The average molecular weight is 238 g/mol. The number of carbonyl (C=O) groups excluding carboxylic acids is 1. The molecule has 0 fully saturated rings. The largest absolute Gasteiger partial charge is 0.275 e. The molecule has 0 saturated heterocycles. The zero-order chi connectivity index (χ0) is 10.8. The Labute approximate surface area is 96.5 Å². The van der Waals surface area contributed by atoms with Crippen molar-refractivity contribution in [3.8, 4) is 11.3 Å². The Hall–Kier alpha value is -1.19. The fourth-order valence-corrected chi connectivity index (χ4v) is 2.33. The molecule has 0 aliphatic heterocycles. The molecule has 15 heavy (non-hydrogen) atoms. The number of carbonyl (C=O) groups is 1. The second-order valence-electron chi connectivity index (χ2n) is 3.05. The van der Waals surface area contributed by atoms with Gasteiger partial charge in [0.25, 0.3) is 5.24 Å². The lowest BCUT2D eigenvalue weighted by Crippen LogP contribution is -1.88. The minimum Gasteiger partial charge on any atom is -0.275 e. The second kappa shape index (κ2) is 4.13. The van der Waals surface area contributed by atoms with Crippen LogP contribution in [0, 0.1) is 6.92 Å². The van der Waals surface area contributed by atoms with Crippen LogP contribution in [0.15, 0.2) is 30.3 Å². The number of hydrogen-bond donors (Lipinski definition) is 0. The van der Waals surface area contributed by atoms with E-state index in [0.717, 1.165) is 10.6 Å². The summed E-state index contributed by atoms with van der Waals surface area (Å²) in [6.45, 7) is 1.86. The molecule has 76 valence electrons. The van der Waals surface area contributed by atoms with E-state index < -0.39 is 5.24 Å². The lowest BCUT2D eigenvalue weighted by Gasteiger charge is -1.97. The van der Waals surface area contributed by atoms with Crippen LogP contribution in [0.1, 0.15) is 14.7 Å². The highest BCUT2D eigenvalue weighted by molar-refractivity contribution is 7.15. The Balaban J connectivity index is 2.58.